The number of likely N-dealkylation sites (tertiary alicyclic amines) is 1. The summed E-state index contributed by atoms with van der Waals surface area (Å²) in [4.78, 5) is 29.0. The highest BCUT2D eigenvalue weighted by Gasteiger charge is 2.28. The number of ether oxygens (including phenoxy) is 1. The number of aromatic nitrogens is 1. The van der Waals surface area contributed by atoms with Crippen molar-refractivity contribution in [1.82, 2.24) is 9.47 Å². The molecule has 2 aromatic carbocycles. The van der Waals surface area contributed by atoms with Crippen LogP contribution in [0, 0.1) is 12.7 Å². The van der Waals surface area contributed by atoms with Gasteiger partial charge >= 0.3 is 0 Å². The minimum atomic E-state index is -0.686. The molecule has 1 fully saturated rings. The van der Waals surface area contributed by atoms with Crippen molar-refractivity contribution >= 4 is 29.1 Å². The van der Waals surface area contributed by atoms with E-state index in [0.717, 1.165) is 16.7 Å². The van der Waals surface area contributed by atoms with Gasteiger partial charge in [0, 0.05) is 42.8 Å². The first kappa shape index (κ1) is 34.0. The second kappa shape index (κ2) is 15.4. The van der Waals surface area contributed by atoms with Crippen LogP contribution in [0.2, 0.25) is 5.02 Å². The average Bonchev–Trinajstić information content (AvgIpc) is 3.35. The lowest BCUT2D eigenvalue weighted by Crippen LogP contribution is -2.38. The van der Waals surface area contributed by atoms with Gasteiger partial charge in [-0.3, -0.25) is 9.59 Å². The van der Waals surface area contributed by atoms with Gasteiger partial charge in [0.15, 0.2) is 0 Å². The number of amides is 2. The van der Waals surface area contributed by atoms with E-state index in [1.807, 2.05) is 55.7 Å². The second-order valence-electron chi connectivity index (χ2n) is 11.0. The fourth-order valence-corrected chi connectivity index (χ4v) is 5.44. The summed E-state index contributed by atoms with van der Waals surface area (Å²) in [5.41, 5.74) is 6.06. The van der Waals surface area contributed by atoms with E-state index in [4.69, 9.17) is 16.3 Å². The molecule has 8 heteroatoms. The second-order valence-corrected chi connectivity index (χ2v) is 11.4. The van der Waals surface area contributed by atoms with Crippen LogP contribution in [0.1, 0.15) is 46.7 Å². The molecule has 0 unspecified atom stereocenters. The summed E-state index contributed by atoms with van der Waals surface area (Å²) in [7, 11) is 1.80. The summed E-state index contributed by atoms with van der Waals surface area (Å²) in [6, 6.07) is 11.5. The first-order valence-corrected chi connectivity index (χ1v) is 15.4. The molecule has 2 amide bonds. The van der Waals surface area contributed by atoms with Crippen molar-refractivity contribution < 1.29 is 18.7 Å². The maximum absolute atomic E-state index is 14.8. The fraction of sp³-hybridized carbons (Fsp3) is 0.211. The molecule has 0 spiro atoms. The van der Waals surface area contributed by atoms with E-state index >= 15 is 0 Å². The Labute approximate surface area is 275 Å². The molecule has 1 aliphatic heterocycles. The van der Waals surface area contributed by atoms with Crippen LogP contribution in [0.5, 0.6) is 5.75 Å². The Morgan fingerprint density at radius 1 is 1.07 bits per heavy atom. The van der Waals surface area contributed by atoms with E-state index < -0.39 is 5.82 Å². The zero-order valence-corrected chi connectivity index (χ0v) is 27.5. The summed E-state index contributed by atoms with van der Waals surface area (Å²) in [5, 5.41) is 2.82. The lowest BCUT2D eigenvalue weighted by Gasteiger charge is -2.31. The van der Waals surface area contributed by atoms with Gasteiger partial charge in [0.2, 0.25) is 0 Å². The topological polar surface area (TPSA) is 63.6 Å². The van der Waals surface area contributed by atoms with Gasteiger partial charge in [-0.2, -0.15) is 0 Å². The Bertz CT molecular complexity index is 1780. The number of nitrogens with one attached hydrogen (secondary N) is 1. The van der Waals surface area contributed by atoms with E-state index in [1.54, 1.807) is 54.4 Å². The molecule has 0 atom stereocenters. The minimum absolute atomic E-state index is 0.111. The molecule has 238 valence electrons. The molecule has 1 N–H and O–H groups in total. The molecule has 0 bridgehead atoms. The monoisotopic (exact) mass is 639 g/mol. The number of halogens is 2. The highest BCUT2D eigenvalue weighted by Crippen LogP contribution is 2.34. The van der Waals surface area contributed by atoms with Crippen molar-refractivity contribution in [2.24, 2.45) is 7.05 Å². The maximum Gasteiger partial charge on any atom is 0.257 e. The molecule has 0 aliphatic carbocycles. The quantitative estimate of drug-likeness (QED) is 0.225. The van der Waals surface area contributed by atoms with Gasteiger partial charge < -0.3 is 19.5 Å². The Morgan fingerprint density at radius 2 is 1.80 bits per heavy atom. The minimum Gasteiger partial charge on any atom is -0.489 e. The van der Waals surface area contributed by atoms with Gasteiger partial charge in [-0.1, -0.05) is 67.3 Å². The van der Waals surface area contributed by atoms with Gasteiger partial charge in [-0.05, 0) is 86.4 Å². The van der Waals surface area contributed by atoms with Gasteiger partial charge in [0.05, 0.1) is 16.1 Å². The molecule has 1 aromatic heterocycles. The van der Waals surface area contributed by atoms with Crippen molar-refractivity contribution in [2.45, 2.75) is 27.2 Å². The van der Waals surface area contributed by atoms with Crippen LogP contribution in [-0.4, -0.2) is 41.0 Å². The fourth-order valence-electron chi connectivity index (χ4n) is 5.28. The van der Waals surface area contributed by atoms with E-state index in [0.29, 0.717) is 60.1 Å². The highest BCUT2D eigenvalue weighted by atomic mass is 35.5. The van der Waals surface area contributed by atoms with Crippen LogP contribution in [-0.2, 0) is 7.05 Å². The van der Waals surface area contributed by atoms with Crippen molar-refractivity contribution in [3.05, 3.63) is 143 Å². The molecule has 4 rings (SSSR count). The maximum atomic E-state index is 14.8. The molecule has 3 aromatic rings. The van der Waals surface area contributed by atoms with Gasteiger partial charge in [0.1, 0.15) is 18.2 Å². The summed E-state index contributed by atoms with van der Waals surface area (Å²) in [6.45, 7) is 14.5. The van der Waals surface area contributed by atoms with E-state index in [2.05, 4.69) is 18.5 Å². The van der Waals surface area contributed by atoms with Crippen molar-refractivity contribution in [2.75, 3.05) is 25.0 Å². The summed E-state index contributed by atoms with van der Waals surface area (Å²) in [5.74, 6) is -0.656. The predicted molar refractivity (Wildman–Crippen MR) is 186 cm³/mol. The normalized spacial score (nSPS) is 15.4. The number of carbonyl (C=O) groups is 2. The molecule has 0 radical (unpaired) electrons. The van der Waals surface area contributed by atoms with E-state index in [1.165, 1.54) is 12.1 Å². The van der Waals surface area contributed by atoms with Gasteiger partial charge in [-0.25, -0.2) is 4.39 Å². The average molecular weight is 640 g/mol. The van der Waals surface area contributed by atoms with Crippen LogP contribution < -0.4 is 10.1 Å². The van der Waals surface area contributed by atoms with Crippen molar-refractivity contribution in [3.63, 3.8) is 0 Å². The first-order chi connectivity index (χ1) is 22.1. The number of anilines is 1. The Kier molecular flexibility index (Phi) is 11.4. The van der Waals surface area contributed by atoms with Crippen LogP contribution in [0.4, 0.5) is 10.1 Å². The third kappa shape index (κ3) is 7.85. The van der Waals surface area contributed by atoms with Crippen LogP contribution in [0.3, 0.4) is 0 Å². The number of rotatable bonds is 10. The molecule has 6 nitrogen and oxygen atoms in total. The number of piperidine rings is 1. The number of benzene rings is 2. The number of carbonyl (C=O) groups excluding carboxylic acids is 2. The molecule has 1 aliphatic rings. The van der Waals surface area contributed by atoms with Gasteiger partial charge in [-0.15, -0.1) is 0 Å². The van der Waals surface area contributed by atoms with Crippen molar-refractivity contribution in [3.8, 4) is 17.0 Å². The number of hydrogen-bond acceptors (Lipinski definition) is 3. The smallest absolute Gasteiger partial charge is 0.257 e. The molecule has 2 heterocycles. The van der Waals surface area contributed by atoms with Gasteiger partial charge in [0.25, 0.3) is 11.8 Å². The van der Waals surface area contributed by atoms with Crippen LogP contribution in [0.25, 0.3) is 11.3 Å². The lowest BCUT2D eigenvalue weighted by atomic mass is 9.95. The van der Waals surface area contributed by atoms with E-state index in [9.17, 15) is 14.0 Å². The van der Waals surface area contributed by atoms with Crippen LogP contribution in [0.15, 0.2) is 115 Å². The first-order valence-electron chi connectivity index (χ1n) is 15.0. The van der Waals surface area contributed by atoms with Crippen molar-refractivity contribution in [1.29, 1.82) is 0 Å². The summed E-state index contributed by atoms with van der Waals surface area (Å²) >= 11 is 6.24. The highest BCUT2D eigenvalue weighted by molar-refractivity contribution is 6.31. The Hall–Kier alpha value is -4.88. The molecule has 0 saturated carbocycles. The third-order valence-corrected chi connectivity index (χ3v) is 8.22. The summed E-state index contributed by atoms with van der Waals surface area (Å²) < 4.78 is 22.5. The number of hydrogen-bond donors (Lipinski definition) is 1. The summed E-state index contributed by atoms with van der Waals surface area (Å²) in [6.07, 6.45) is 13.7. The third-order valence-electron chi connectivity index (χ3n) is 7.93. The molecular weight excluding hydrogens is 601 g/mol. The number of nitrogens with zero attached hydrogens (tertiary/aromatic N) is 2. The molecule has 1 saturated heterocycles. The standard InChI is InChI=1S/C38H39ClFN3O3/c1-7-10-11-13-25(4)24-46-30-16-14-29(15-17-30)41-37(44)31-22-36(42(6)26(31)5)32-20-34(39)35(40)21-33(32)38(45)43-19-18-27(9-3)28(23-43)12-8-2/h7-17,20-22H,1-2,18-19,23-24H2,3-6H3,(H,41,44)/b11-10-,25-13+,27-9-,28-12-. The molecular formula is C38H39ClFN3O3. The number of allylic oxidation sites excluding steroid dienone is 7. The SMILES string of the molecule is C=C/C=C\C=C(/C)COc1ccc(NC(=O)c2cc(-c3cc(Cl)c(F)cc3C(=O)N3CCC(=C/C)/C(=C\C=C)C3)n(C)c2C)cc1. The zero-order chi connectivity index (χ0) is 33.4. The van der Waals surface area contributed by atoms with E-state index in [-0.39, 0.29) is 22.4 Å². The lowest BCUT2D eigenvalue weighted by molar-refractivity contribution is 0.0763. The predicted octanol–water partition coefficient (Wildman–Crippen LogP) is 9.02. The largest absolute Gasteiger partial charge is 0.489 e. The molecule has 46 heavy (non-hydrogen) atoms. The van der Waals surface area contributed by atoms with Crippen LogP contribution >= 0.6 is 11.6 Å². The zero-order valence-electron chi connectivity index (χ0n) is 26.7. The Morgan fingerprint density at radius 3 is 2.48 bits per heavy atom. The Balaban J connectivity index is 1.57.